The van der Waals surface area contributed by atoms with Gasteiger partial charge in [-0.3, -0.25) is 70.9 Å². The Labute approximate surface area is 737 Å². The van der Waals surface area contributed by atoms with E-state index in [1.165, 1.54) is 31.1 Å². The second-order valence-electron chi connectivity index (χ2n) is 31.8. The number of hydrogen-bond donors (Lipinski definition) is 18. The molecule has 7 rings (SSSR count). The number of aliphatic hydroxyl groups excluding tert-OH is 10. The molecule has 728 valence electrons. The first-order valence-corrected chi connectivity index (χ1v) is 44.9. The molecular formula is C77H127N11O38P2. The minimum Gasteiger partial charge on any atom is -0.394 e. The quantitative estimate of drug-likeness (QED) is 0.0218. The molecule has 0 aromatic carbocycles. The van der Waals surface area contributed by atoms with Gasteiger partial charge in [-0.2, -0.15) is 0 Å². The summed E-state index contributed by atoms with van der Waals surface area (Å²) < 4.78 is 103. The van der Waals surface area contributed by atoms with Crippen molar-refractivity contribution in [1.29, 1.82) is 0 Å². The Balaban J connectivity index is 0.0000253. The van der Waals surface area contributed by atoms with Crippen LogP contribution in [0.4, 0.5) is 5.82 Å². The normalized spacial score (nSPS) is 27.9. The highest BCUT2D eigenvalue weighted by atomic mass is 31.2. The number of amides is 6. The number of imidazole rings is 1. The summed E-state index contributed by atoms with van der Waals surface area (Å²) in [6, 6.07) is -4.89. The third-order valence-corrected chi connectivity index (χ3v) is 24.1. The lowest BCUT2D eigenvalue weighted by molar-refractivity contribution is -0.269. The smallest absolute Gasteiger partial charge is 0.394 e. The summed E-state index contributed by atoms with van der Waals surface area (Å²) in [6.07, 6.45) is -23.5. The van der Waals surface area contributed by atoms with Crippen molar-refractivity contribution in [2.45, 2.75) is 285 Å². The summed E-state index contributed by atoms with van der Waals surface area (Å²) in [6.45, 7) is -1.14. The highest BCUT2D eigenvalue weighted by Crippen LogP contribution is 2.52. The molecule has 0 spiro atoms. The lowest BCUT2D eigenvalue weighted by atomic mass is 9.97. The molecule has 0 aliphatic carbocycles. The molecule has 5 fully saturated rings. The van der Waals surface area contributed by atoms with Crippen molar-refractivity contribution in [2.75, 3.05) is 111 Å². The molecule has 5 saturated heterocycles. The molecule has 2 aromatic heterocycles. The number of phosphoric ester groups is 1. The third-order valence-electron chi connectivity index (χ3n) is 21.3. The van der Waals surface area contributed by atoms with Gasteiger partial charge in [0.15, 0.2) is 30.3 Å². The van der Waals surface area contributed by atoms with E-state index in [0.717, 1.165) is 25.7 Å². The van der Waals surface area contributed by atoms with Crippen molar-refractivity contribution in [1.82, 2.24) is 51.0 Å². The summed E-state index contributed by atoms with van der Waals surface area (Å²) in [5, 5.41) is 115. The number of likely N-dealkylation sites (tertiary alicyclic amines) is 1. The number of rotatable bonds is 58. The van der Waals surface area contributed by atoms with Crippen LogP contribution in [0.1, 0.15) is 157 Å². The van der Waals surface area contributed by atoms with Gasteiger partial charge in [0, 0.05) is 124 Å². The lowest BCUT2D eigenvalue weighted by Crippen LogP contribution is -2.64. The van der Waals surface area contributed by atoms with Crippen molar-refractivity contribution in [3.8, 4) is 0 Å². The monoisotopic (exact) mass is 1880 g/mol. The number of aliphatic hydroxyl groups is 10. The lowest BCUT2D eigenvalue weighted by Gasteiger charge is -2.42. The number of carbonyl (C=O) groups is 11. The molecule has 51 heteroatoms. The molecule has 0 saturated carbocycles. The first kappa shape index (κ1) is 110. The van der Waals surface area contributed by atoms with Crippen LogP contribution in [0.25, 0.3) is 11.2 Å². The molecule has 5 aliphatic heterocycles. The zero-order valence-electron chi connectivity index (χ0n) is 71.3. The van der Waals surface area contributed by atoms with Crippen LogP contribution in [-0.4, -0.2) is 383 Å². The first-order valence-electron chi connectivity index (χ1n) is 41.8. The van der Waals surface area contributed by atoms with E-state index in [4.69, 9.17) is 66.7 Å². The zero-order valence-corrected chi connectivity index (χ0v) is 73.1. The van der Waals surface area contributed by atoms with Crippen LogP contribution in [0.15, 0.2) is 12.7 Å². The van der Waals surface area contributed by atoms with Crippen LogP contribution in [0, 0.1) is 0 Å². The SMILES string of the molecule is C.CC(=O)NC1[C@H](OCCC(=O)CCCC(=O)CCOCC(COCCC(=O)CCCC(=O)CCO[C@@H]2OC(CO)[C@H](O)[C@H](O)C2NC(C)=O)(COCCC(=O)NCCC(=O)CCO[C@@H]2OC(CO)[C@H](O)[C@H](O)C2NC(C)=O)NC(=O)CCC(=O)N2C[C@H](O)C[C@H]2COP(=O)(O)O[C@H]2C[C@H](n3cnc4c(N)ncnc43)O[C@@H]2COP(=O)(O)C(C)C)OC(CO)[C@H](O)[C@@H]1O. The fourth-order valence-corrected chi connectivity index (χ4v) is 15.9. The van der Waals surface area contributed by atoms with E-state index in [0.29, 0.717) is 0 Å². The minimum absolute atomic E-state index is 0. The summed E-state index contributed by atoms with van der Waals surface area (Å²) in [5.74, 6) is -5.87. The molecule has 6 amide bonds. The number of carbonyl (C=O) groups excluding carboxylic acids is 11. The number of nitrogens with two attached hydrogens (primary N) is 1. The van der Waals surface area contributed by atoms with Gasteiger partial charge in [-0.15, -0.1) is 0 Å². The third kappa shape index (κ3) is 34.5. The average molecular weight is 1880 g/mol. The van der Waals surface area contributed by atoms with Crippen molar-refractivity contribution < 1.29 is 184 Å². The highest BCUT2D eigenvalue weighted by molar-refractivity contribution is 7.53. The maximum atomic E-state index is 14.5. The van der Waals surface area contributed by atoms with Crippen molar-refractivity contribution in [3.63, 3.8) is 0 Å². The summed E-state index contributed by atoms with van der Waals surface area (Å²) in [4.78, 5) is 179. The van der Waals surface area contributed by atoms with Crippen LogP contribution in [-0.2, 0) is 123 Å². The highest BCUT2D eigenvalue weighted by Gasteiger charge is 2.50. The van der Waals surface area contributed by atoms with Gasteiger partial charge in [-0.1, -0.05) is 21.3 Å². The van der Waals surface area contributed by atoms with E-state index >= 15 is 0 Å². The second-order valence-corrected chi connectivity index (χ2v) is 35.6. The van der Waals surface area contributed by atoms with Crippen molar-refractivity contribution >= 4 is 96.8 Å². The second kappa shape index (κ2) is 53.6. The van der Waals surface area contributed by atoms with Crippen LogP contribution in [0.2, 0.25) is 0 Å². The molecule has 5 aliphatic rings. The number of anilines is 1. The molecule has 7 heterocycles. The van der Waals surface area contributed by atoms with Crippen LogP contribution < -0.4 is 32.3 Å². The Hall–Kier alpha value is -7.02. The number of ketones is 5. The maximum absolute atomic E-state index is 14.5. The molecule has 0 bridgehead atoms. The van der Waals surface area contributed by atoms with E-state index in [1.54, 1.807) is 0 Å². The molecular weight excluding hydrogens is 1750 g/mol. The number of Topliss-reactive ketones (excluding diaryl/α,β-unsaturated/α-hetero) is 5. The molecule has 22 atom stereocenters. The minimum atomic E-state index is -5.18. The Morgan fingerprint density at radius 2 is 0.969 bits per heavy atom. The fraction of sp³-hybridized carbons (Fsp3) is 0.792. The molecule has 2 aromatic rings. The van der Waals surface area contributed by atoms with Crippen LogP contribution in [0.3, 0.4) is 0 Å². The number of ether oxygens (including phenoxy) is 10. The number of nitrogens with one attached hydrogen (secondary N) is 5. The van der Waals surface area contributed by atoms with Gasteiger partial charge in [-0.05, 0) is 19.3 Å². The maximum Gasteiger partial charge on any atom is 0.472 e. The summed E-state index contributed by atoms with van der Waals surface area (Å²) in [7, 11) is -9.43. The van der Waals surface area contributed by atoms with Crippen LogP contribution >= 0.6 is 15.4 Å². The topological polar surface area (TPSA) is 718 Å². The van der Waals surface area contributed by atoms with Gasteiger partial charge in [0.25, 0.3) is 0 Å². The number of aromatic nitrogens is 4. The van der Waals surface area contributed by atoms with E-state index < -0.39 is 256 Å². The van der Waals surface area contributed by atoms with Crippen molar-refractivity contribution in [2.24, 2.45) is 0 Å². The van der Waals surface area contributed by atoms with Gasteiger partial charge in [0.05, 0.1) is 117 Å². The number of nitrogens with zero attached hydrogens (tertiary/aromatic N) is 5. The first-order chi connectivity index (χ1) is 60.2. The number of fused-ring (bicyclic) bond motifs is 1. The molecule has 49 nitrogen and oxygen atoms in total. The largest absolute Gasteiger partial charge is 0.472 e. The fourth-order valence-electron chi connectivity index (χ4n) is 14.3. The molecule has 19 N–H and O–H groups in total. The zero-order chi connectivity index (χ0) is 93.5. The molecule has 8 unspecified atom stereocenters. The van der Waals surface area contributed by atoms with Gasteiger partial charge < -0.3 is 150 Å². The Morgan fingerprint density at radius 3 is 1.41 bits per heavy atom. The number of β-amino-alcohol motifs (C(OH)–C–C–N with tert-alkyl or cyclic N) is 1. The van der Waals surface area contributed by atoms with Crippen molar-refractivity contribution in [3.05, 3.63) is 12.7 Å². The van der Waals surface area contributed by atoms with Gasteiger partial charge >= 0.3 is 15.4 Å². The molecule has 0 radical (unpaired) electrons. The Kier molecular flexibility index (Phi) is 46.0. The molecule has 128 heavy (non-hydrogen) atoms. The Bertz CT molecular complexity index is 3800. The number of phosphoric acid groups is 1. The standard InChI is InChI=1S/C76H123N11O38P2.CH4/c1-41(2)126(109,110)119-35-56-52(29-60(121-56)87-40-81-64-71(77)79-39-80-72(64)87)125-127(111,112)120-34-45-28-51(99)30-86(45)59(102)13-12-58(101)85-76(36-113-22-15-46(94)8-6-10-48(96)17-25-116-73-61(82-42(3)91)68(106)65(103)53(31-88)122-73,37-114-23-16-47(95)9-7-11-49(97)18-26-117-74-62(83-43(4)92)69(107)66(104)54(32-89)123-74)38-115-24-20-57(100)78-21-14-50(98)19-27-118-75-63(84-44(5)93)70(108)67(105)55(33-90)124-75;/h39-41,45,51-56,60-63,65-70,73-75,88-90,99,103-108H,6-38H2,1-5H3,(H,78,100)(H,82,91)(H,83,92)(H,84,93)(H,85,101)(H,109,110)(H,111,112)(H2,77,79,80);1H4/t45-,51+,52-,53?,54?,55?,56+,60+,61?,62?,63?,65-,66-,67-,68+,69+,70+,73+,74+,75+,76?;/m0./s1. The predicted octanol–water partition coefficient (Wildman–Crippen LogP) is -4.99. The van der Waals surface area contributed by atoms with E-state index in [9.17, 15) is 123 Å². The van der Waals surface area contributed by atoms with Gasteiger partial charge in [0.1, 0.15) is 138 Å². The predicted molar refractivity (Wildman–Crippen MR) is 437 cm³/mol. The van der Waals surface area contributed by atoms with E-state index in [1.807, 2.05) is 0 Å². The van der Waals surface area contributed by atoms with Gasteiger partial charge in [0.2, 0.25) is 35.4 Å². The van der Waals surface area contributed by atoms with E-state index in [2.05, 4.69) is 41.5 Å². The average Bonchev–Trinajstić information content (AvgIpc) is 1.63. The summed E-state index contributed by atoms with van der Waals surface area (Å²) in [5.41, 5.74) is 3.74. The Morgan fingerprint density at radius 1 is 0.531 bits per heavy atom. The number of nitrogen functional groups attached to an aromatic ring is 1. The van der Waals surface area contributed by atoms with Gasteiger partial charge in [-0.25, -0.2) is 19.5 Å². The number of hydrogen-bond acceptors (Lipinski definition) is 40. The van der Waals surface area contributed by atoms with E-state index in [-0.39, 0.29) is 197 Å². The van der Waals surface area contributed by atoms with Crippen LogP contribution in [0.5, 0.6) is 0 Å². The summed E-state index contributed by atoms with van der Waals surface area (Å²) >= 11 is 0.